The van der Waals surface area contributed by atoms with E-state index in [-0.39, 0.29) is 17.6 Å². The molecule has 0 aliphatic carbocycles. The zero-order valence-electron chi connectivity index (χ0n) is 9.18. The van der Waals surface area contributed by atoms with Gasteiger partial charge in [-0.1, -0.05) is 6.07 Å². The van der Waals surface area contributed by atoms with Gasteiger partial charge in [0.15, 0.2) is 11.5 Å². The van der Waals surface area contributed by atoms with E-state index in [1.54, 1.807) is 19.9 Å². The second-order valence-electron chi connectivity index (χ2n) is 3.57. The highest BCUT2D eigenvalue weighted by Gasteiger charge is 2.01. The summed E-state index contributed by atoms with van der Waals surface area (Å²) in [4.78, 5) is 11.2. The van der Waals surface area contributed by atoms with Crippen LogP contribution in [0.5, 0.6) is 11.5 Å². The molecule has 2 N–H and O–H groups in total. The van der Waals surface area contributed by atoms with Crippen LogP contribution in [0, 0.1) is 0 Å². The van der Waals surface area contributed by atoms with Crippen LogP contribution in [0.2, 0.25) is 0 Å². The van der Waals surface area contributed by atoms with E-state index in [1.807, 2.05) is 0 Å². The van der Waals surface area contributed by atoms with Gasteiger partial charge in [-0.05, 0) is 37.6 Å². The van der Waals surface area contributed by atoms with Crippen molar-refractivity contribution in [3.8, 4) is 11.5 Å². The van der Waals surface area contributed by atoms with Gasteiger partial charge in [0.25, 0.3) is 0 Å². The van der Waals surface area contributed by atoms with Crippen LogP contribution in [-0.4, -0.2) is 22.3 Å². The zero-order chi connectivity index (χ0) is 12.1. The van der Waals surface area contributed by atoms with Crippen molar-refractivity contribution in [3.05, 3.63) is 29.8 Å². The zero-order valence-corrected chi connectivity index (χ0v) is 9.18. The minimum Gasteiger partial charge on any atom is -0.504 e. The SMILES string of the molecule is CC(C)OC(=O)/C=C/c1ccc(O)c(O)c1. The highest BCUT2D eigenvalue weighted by Crippen LogP contribution is 2.25. The minimum atomic E-state index is -0.442. The van der Waals surface area contributed by atoms with Gasteiger partial charge >= 0.3 is 5.97 Å². The van der Waals surface area contributed by atoms with Crippen molar-refractivity contribution in [1.82, 2.24) is 0 Å². The average Bonchev–Trinajstić information content (AvgIpc) is 2.19. The Kier molecular flexibility index (Phi) is 3.94. The molecular formula is C12H14O4. The van der Waals surface area contributed by atoms with Crippen LogP contribution in [0.1, 0.15) is 19.4 Å². The lowest BCUT2D eigenvalue weighted by atomic mass is 10.2. The number of phenolic OH excluding ortho intramolecular Hbond substituents is 2. The molecule has 1 aromatic carbocycles. The summed E-state index contributed by atoms with van der Waals surface area (Å²) in [7, 11) is 0. The second-order valence-corrected chi connectivity index (χ2v) is 3.57. The van der Waals surface area contributed by atoms with Gasteiger partial charge in [-0.15, -0.1) is 0 Å². The molecule has 0 radical (unpaired) electrons. The first-order valence-corrected chi connectivity index (χ1v) is 4.89. The number of carbonyl (C=O) groups excluding carboxylic acids is 1. The Bertz CT molecular complexity index is 407. The predicted molar refractivity (Wildman–Crippen MR) is 60.0 cm³/mol. The Morgan fingerprint density at radius 3 is 2.56 bits per heavy atom. The summed E-state index contributed by atoms with van der Waals surface area (Å²) in [5, 5.41) is 18.3. The molecule has 0 aliphatic rings. The highest BCUT2D eigenvalue weighted by atomic mass is 16.5. The lowest BCUT2D eigenvalue weighted by Gasteiger charge is -2.04. The van der Waals surface area contributed by atoms with Gasteiger partial charge in [0.2, 0.25) is 0 Å². The highest BCUT2D eigenvalue weighted by molar-refractivity contribution is 5.87. The van der Waals surface area contributed by atoms with Crippen molar-refractivity contribution in [2.75, 3.05) is 0 Å². The summed E-state index contributed by atoms with van der Waals surface area (Å²) >= 11 is 0. The first-order valence-electron chi connectivity index (χ1n) is 4.89. The molecule has 16 heavy (non-hydrogen) atoms. The van der Waals surface area contributed by atoms with Crippen LogP contribution in [0.25, 0.3) is 6.08 Å². The number of esters is 1. The fraction of sp³-hybridized carbons (Fsp3) is 0.250. The van der Waals surface area contributed by atoms with Gasteiger partial charge in [0, 0.05) is 6.08 Å². The van der Waals surface area contributed by atoms with E-state index in [4.69, 9.17) is 9.84 Å². The Hall–Kier alpha value is -1.97. The summed E-state index contributed by atoms with van der Waals surface area (Å²) in [5.74, 6) is -0.858. The largest absolute Gasteiger partial charge is 0.504 e. The van der Waals surface area contributed by atoms with Crippen LogP contribution >= 0.6 is 0 Å². The molecule has 86 valence electrons. The van der Waals surface area contributed by atoms with Gasteiger partial charge in [-0.2, -0.15) is 0 Å². The molecule has 0 fully saturated rings. The van der Waals surface area contributed by atoms with Crippen LogP contribution < -0.4 is 0 Å². The lowest BCUT2D eigenvalue weighted by molar-refractivity contribution is -0.141. The van der Waals surface area contributed by atoms with E-state index in [9.17, 15) is 9.90 Å². The third-order valence-corrected chi connectivity index (χ3v) is 1.76. The third-order valence-electron chi connectivity index (χ3n) is 1.76. The first kappa shape index (κ1) is 12.1. The van der Waals surface area contributed by atoms with Crippen molar-refractivity contribution in [1.29, 1.82) is 0 Å². The molecule has 1 aromatic rings. The number of rotatable bonds is 3. The predicted octanol–water partition coefficient (Wildman–Crippen LogP) is 2.06. The Labute approximate surface area is 93.8 Å². The van der Waals surface area contributed by atoms with E-state index >= 15 is 0 Å². The first-order chi connectivity index (χ1) is 7.49. The van der Waals surface area contributed by atoms with E-state index in [0.29, 0.717) is 5.56 Å². The van der Waals surface area contributed by atoms with Crippen LogP contribution in [0.15, 0.2) is 24.3 Å². The molecule has 0 atom stereocenters. The van der Waals surface area contributed by atoms with E-state index < -0.39 is 5.97 Å². The minimum absolute atomic E-state index is 0.162. The molecular weight excluding hydrogens is 208 g/mol. The van der Waals surface area contributed by atoms with Crippen molar-refractivity contribution in [2.45, 2.75) is 20.0 Å². The van der Waals surface area contributed by atoms with Crippen LogP contribution in [0.3, 0.4) is 0 Å². The van der Waals surface area contributed by atoms with Gasteiger partial charge in [-0.3, -0.25) is 0 Å². The fourth-order valence-corrected chi connectivity index (χ4v) is 1.08. The summed E-state index contributed by atoms with van der Waals surface area (Å²) in [6.45, 7) is 3.52. The quantitative estimate of drug-likeness (QED) is 0.466. The Morgan fingerprint density at radius 2 is 2.00 bits per heavy atom. The number of benzene rings is 1. The second kappa shape index (κ2) is 5.21. The monoisotopic (exact) mass is 222 g/mol. The molecule has 0 bridgehead atoms. The van der Waals surface area contributed by atoms with Gasteiger partial charge < -0.3 is 14.9 Å². The number of ether oxygens (including phenoxy) is 1. The van der Waals surface area contributed by atoms with Crippen LogP contribution in [0.4, 0.5) is 0 Å². The van der Waals surface area contributed by atoms with Gasteiger partial charge in [-0.25, -0.2) is 4.79 Å². The molecule has 4 nitrogen and oxygen atoms in total. The van der Waals surface area contributed by atoms with Crippen LogP contribution in [-0.2, 0) is 9.53 Å². The molecule has 0 aliphatic heterocycles. The van der Waals surface area contributed by atoms with E-state index in [0.717, 1.165) is 0 Å². The van der Waals surface area contributed by atoms with Crippen molar-refractivity contribution < 1.29 is 19.7 Å². The van der Waals surface area contributed by atoms with E-state index in [2.05, 4.69) is 0 Å². The molecule has 0 amide bonds. The number of phenols is 2. The molecule has 0 saturated heterocycles. The number of aromatic hydroxyl groups is 2. The Balaban J connectivity index is 2.69. The number of hydrogen-bond acceptors (Lipinski definition) is 4. The Morgan fingerprint density at radius 1 is 1.31 bits per heavy atom. The maximum absolute atomic E-state index is 11.2. The fourth-order valence-electron chi connectivity index (χ4n) is 1.08. The number of carbonyl (C=O) groups is 1. The topological polar surface area (TPSA) is 66.8 Å². The molecule has 0 saturated carbocycles. The third kappa shape index (κ3) is 3.65. The van der Waals surface area contributed by atoms with Gasteiger partial charge in [0.1, 0.15) is 0 Å². The molecule has 1 rings (SSSR count). The summed E-state index contributed by atoms with van der Waals surface area (Å²) in [6, 6.07) is 4.28. The summed E-state index contributed by atoms with van der Waals surface area (Å²) in [6.07, 6.45) is 2.61. The van der Waals surface area contributed by atoms with Gasteiger partial charge in [0.05, 0.1) is 6.10 Å². The maximum Gasteiger partial charge on any atom is 0.331 e. The lowest BCUT2D eigenvalue weighted by Crippen LogP contribution is -2.08. The summed E-state index contributed by atoms with van der Waals surface area (Å²) < 4.78 is 4.89. The van der Waals surface area contributed by atoms with Crippen molar-refractivity contribution in [2.24, 2.45) is 0 Å². The number of hydrogen-bond donors (Lipinski definition) is 2. The molecule has 0 aromatic heterocycles. The molecule has 0 spiro atoms. The van der Waals surface area contributed by atoms with Crippen molar-refractivity contribution in [3.63, 3.8) is 0 Å². The molecule has 0 heterocycles. The average molecular weight is 222 g/mol. The standard InChI is InChI=1S/C12H14O4/c1-8(2)16-12(15)6-4-9-3-5-10(13)11(14)7-9/h3-8,13-14H,1-2H3/b6-4+. The smallest absolute Gasteiger partial charge is 0.331 e. The molecule has 0 unspecified atom stereocenters. The normalized spacial score (nSPS) is 10.9. The van der Waals surface area contributed by atoms with E-state index in [1.165, 1.54) is 24.3 Å². The molecule has 4 heteroatoms. The maximum atomic E-state index is 11.2. The van der Waals surface area contributed by atoms with Crippen molar-refractivity contribution >= 4 is 12.0 Å². The summed E-state index contributed by atoms with van der Waals surface area (Å²) in [5.41, 5.74) is 0.607.